The molecule has 1 atom stereocenters. The predicted molar refractivity (Wildman–Crippen MR) is 40.8 cm³/mol. The van der Waals surface area contributed by atoms with Crippen molar-refractivity contribution < 1.29 is 9.63 Å². The van der Waals surface area contributed by atoms with Gasteiger partial charge < -0.3 is 5.32 Å². The third-order valence-corrected chi connectivity index (χ3v) is 1.99. The van der Waals surface area contributed by atoms with Crippen molar-refractivity contribution in [2.24, 2.45) is 5.92 Å². The van der Waals surface area contributed by atoms with Crippen LogP contribution < -0.4 is 5.32 Å². The molecule has 1 amide bonds. The lowest BCUT2D eigenvalue weighted by molar-refractivity contribution is -0.172. The van der Waals surface area contributed by atoms with Gasteiger partial charge >= 0.3 is 0 Å². The smallest absolute Gasteiger partial charge is 0.250 e. The first-order chi connectivity index (χ1) is 5.25. The number of nitrogens with zero attached hydrogens (tertiary/aromatic N) is 1. The molecule has 0 aromatic rings. The summed E-state index contributed by atoms with van der Waals surface area (Å²) < 4.78 is 0. The molecule has 4 heteroatoms. The van der Waals surface area contributed by atoms with Crippen LogP contribution in [0.2, 0.25) is 0 Å². The number of hydrogen-bond acceptors (Lipinski definition) is 3. The fraction of sp³-hybridized carbons (Fsp3) is 0.857. The fourth-order valence-corrected chi connectivity index (χ4v) is 1.21. The van der Waals surface area contributed by atoms with E-state index in [0.29, 0.717) is 0 Å². The molecule has 1 heterocycles. The number of hydroxylamine groups is 2. The standard InChI is InChI=1S/C7H14N2O2/c1-9(11-2)7(10)6-3-4-8-5-6/h6,8H,3-5H2,1-2H3/t6-/m0/s1. The molecule has 1 rings (SSSR count). The summed E-state index contributed by atoms with van der Waals surface area (Å²) in [6.45, 7) is 1.72. The zero-order valence-corrected chi connectivity index (χ0v) is 6.96. The van der Waals surface area contributed by atoms with Gasteiger partial charge in [-0.3, -0.25) is 9.63 Å². The summed E-state index contributed by atoms with van der Waals surface area (Å²) >= 11 is 0. The summed E-state index contributed by atoms with van der Waals surface area (Å²) in [5, 5.41) is 4.42. The van der Waals surface area contributed by atoms with Gasteiger partial charge in [-0.25, -0.2) is 5.06 Å². The van der Waals surface area contributed by atoms with Crippen molar-refractivity contribution in [3.05, 3.63) is 0 Å². The van der Waals surface area contributed by atoms with Gasteiger partial charge in [-0.2, -0.15) is 0 Å². The van der Waals surface area contributed by atoms with Crippen molar-refractivity contribution in [1.82, 2.24) is 10.4 Å². The molecule has 0 unspecified atom stereocenters. The zero-order valence-electron chi connectivity index (χ0n) is 6.96. The van der Waals surface area contributed by atoms with Crippen LogP contribution in [0.15, 0.2) is 0 Å². The van der Waals surface area contributed by atoms with E-state index < -0.39 is 0 Å². The normalized spacial score (nSPS) is 23.6. The van der Waals surface area contributed by atoms with Crippen molar-refractivity contribution in [3.8, 4) is 0 Å². The highest BCUT2D eigenvalue weighted by Crippen LogP contribution is 2.10. The van der Waals surface area contributed by atoms with Gasteiger partial charge in [-0.1, -0.05) is 0 Å². The van der Waals surface area contributed by atoms with Crippen molar-refractivity contribution in [3.63, 3.8) is 0 Å². The van der Waals surface area contributed by atoms with Crippen LogP contribution >= 0.6 is 0 Å². The summed E-state index contributed by atoms with van der Waals surface area (Å²) in [5.41, 5.74) is 0. The number of carbonyl (C=O) groups is 1. The van der Waals surface area contributed by atoms with Crippen molar-refractivity contribution in [1.29, 1.82) is 0 Å². The van der Waals surface area contributed by atoms with Gasteiger partial charge in [0.25, 0.3) is 0 Å². The Morgan fingerprint density at radius 1 is 1.73 bits per heavy atom. The number of amides is 1. The van der Waals surface area contributed by atoms with Crippen molar-refractivity contribution >= 4 is 5.91 Å². The average molecular weight is 158 g/mol. The van der Waals surface area contributed by atoms with E-state index in [2.05, 4.69) is 5.32 Å². The zero-order chi connectivity index (χ0) is 8.27. The minimum Gasteiger partial charge on any atom is -0.316 e. The molecule has 0 saturated carbocycles. The molecular formula is C7H14N2O2. The molecule has 0 aromatic carbocycles. The Balaban J connectivity index is 2.39. The van der Waals surface area contributed by atoms with E-state index >= 15 is 0 Å². The lowest BCUT2D eigenvalue weighted by atomic mass is 10.1. The van der Waals surface area contributed by atoms with Gasteiger partial charge in [-0.05, 0) is 13.0 Å². The maximum absolute atomic E-state index is 11.3. The summed E-state index contributed by atoms with van der Waals surface area (Å²) in [4.78, 5) is 16.1. The maximum atomic E-state index is 11.3. The van der Waals surface area contributed by atoms with Crippen LogP contribution in [0.1, 0.15) is 6.42 Å². The number of carbonyl (C=O) groups excluding carboxylic acids is 1. The molecule has 0 bridgehead atoms. The van der Waals surface area contributed by atoms with E-state index in [9.17, 15) is 4.79 Å². The van der Waals surface area contributed by atoms with Gasteiger partial charge in [0, 0.05) is 13.6 Å². The molecular weight excluding hydrogens is 144 g/mol. The van der Waals surface area contributed by atoms with E-state index in [1.165, 1.54) is 12.2 Å². The first kappa shape index (κ1) is 8.49. The van der Waals surface area contributed by atoms with Crippen LogP contribution in [0, 0.1) is 5.92 Å². The minimum absolute atomic E-state index is 0.0671. The molecule has 0 aliphatic carbocycles. The van der Waals surface area contributed by atoms with Crippen molar-refractivity contribution in [2.45, 2.75) is 6.42 Å². The van der Waals surface area contributed by atoms with Crippen LogP contribution in [0.25, 0.3) is 0 Å². The average Bonchev–Trinajstić information content (AvgIpc) is 2.53. The largest absolute Gasteiger partial charge is 0.316 e. The van der Waals surface area contributed by atoms with Crippen LogP contribution in [0.5, 0.6) is 0 Å². The fourth-order valence-electron chi connectivity index (χ4n) is 1.21. The summed E-state index contributed by atoms with van der Waals surface area (Å²) in [7, 11) is 3.14. The third-order valence-electron chi connectivity index (χ3n) is 1.99. The molecule has 64 valence electrons. The van der Waals surface area contributed by atoms with E-state index in [-0.39, 0.29) is 11.8 Å². The van der Waals surface area contributed by atoms with Gasteiger partial charge in [0.2, 0.25) is 5.91 Å². The second-order valence-electron chi connectivity index (χ2n) is 2.71. The Kier molecular flexibility index (Phi) is 2.84. The second kappa shape index (κ2) is 3.69. The van der Waals surface area contributed by atoms with E-state index in [1.54, 1.807) is 7.05 Å². The Labute approximate surface area is 66.5 Å². The number of rotatable bonds is 2. The van der Waals surface area contributed by atoms with Gasteiger partial charge in [0.1, 0.15) is 0 Å². The Morgan fingerprint density at radius 2 is 2.45 bits per heavy atom. The van der Waals surface area contributed by atoms with Crippen LogP contribution in [-0.2, 0) is 9.63 Å². The van der Waals surface area contributed by atoms with Crippen LogP contribution in [-0.4, -0.2) is 38.2 Å². The Hall–Kier alpha value is -0.610. The van der Waals surface area contributed by atoms with Crippen molar-refractivity contribution in [2.75, 3.05) is 27.2 Å². The summed E-state index contributed by atoms with van der Waals surface area (Å²) in [5.74, 6) is 0.178. The molecule has 0 spiro atoms. The predicted octanol–water partition coefficient (Wildman–Crippen LogP) is -0.384. The van der Waals surface area contributed by atoms with Gasteiger partial charge in [0.15, 0.2) is 0 Å². The first-order valence-electron chi connectivity index (χ1n) is 3.78. The molecule has 1 fully saturated rings. The molecule has 11 heavy (non-hydrogen) atoms. The second-order valence-corrected chi connectivity index (χ2v) is 2.71. The summed E-state index contributed by atoms with van der Waals surface area (Å²) in [6, 6.07) is 0. The molecule has 1 aliphatic rings. The summed E-state index contributed by atoms with van der Waals surface area (Å²) in [6.07, 6.45) is 0.923. The molecule has 0 radical (unpaired) electrons. The van der Waals surface area contributed by atoms with E-state index in [1.807, 2.05) is 0 Å². The number of hydrogen-bond donors (Lipinski definition) is 1. The monoisotopic (exact) mass is 158 g/mol. The highest BCUT2D eigenvalue weighted by molar-refractivity contribution is 5.78. The topological polar surface area (TPSA) is 41.6 Å². The van der Waals surface area contributed by atoms with Crippen LogP contribution in [0.3, 0.4) is 0 Å². The molecule has 0 aromatic heterocycles. The first-order valence-corrected chi connectivity index (χ1v) is 3.78. The van der Waals surface area contributed by atoms with E-state index in [4.69, 9.17) is 4.84 Å². The molecule has 4 nitrogen and oxygen atoms in total. The minimum atomic E-state index is 0.0671. The molecule has 1 saturated heterocycles. The Morgan fingerprint density at radius 3 is 2.91 bits per heavy atom. The highest BCUT2D eigenvalue weighted by Gasteiger charge is 2.25. The lowest BCUT2D eigenvalue weighted by Gasteiger charge is -2.16. The third kappa shape index (κ3) is 1.91. The van der Waals surface area contributed by atoms with Gasteiger partial charge in [-0.15, -0.1) is 0 Å². The SMILES string of the molecule is CON(C)C(=O)[C@H]1CCNC1. The van der Waals surface area contributed by atoms with E-state index in [0.717, 1.165) is 19.5 Å². The number of nitrogens with one attached hydrogen (secondary N) is 1. The van der Waals surface area contributed by atoms with Gasteiger partial charge in [0.05, 0.1) is 13.0 Å². The molecule has 1 N–H and O–H groups in total. The molecule has 1 aliphatic heterocycles. The lowest BCUT2D eigenvalue weighted by Crippen LogP contribution is -2.33. The Bertz CT molecular complexity index is 143. The van der Waals surface area contributed by atoms with Crippen LogP contribution in [0.4, 0.5) is 0 Å². The quantitative estimate of drug-likeness (QED) is 0.557. The highest BCUT2D eigenvalue weighted by atomic mass is 16.7. The maximum Gasteiger partial charge on any atom is 0.250 e.